The largest absolute Gasteiger partial charge is 0.384 e. The minimum absolute atomic E-state index is 0.0995. The fourth-order valence-electron chi connectivity index (χ4n) is 2.25. The summed E-state index contributed by atoms with van der Waals surface area (Å²) < 4.78 is 10.4. The fraction of sp³-hybridized carbons (Fsp3) is 0.533. The Morgan fingerprint density at radius 3 is 2.55 bits per heavy atom. The van der Waals surface area contributed by atoms with Crippen LogP contribution in [0.15, 0.2) is 18.2 Å². The summed E-state index contributed by atoms with van der Waals surface area (Å²) in [6.45, 7) is 6.18. The number of nitrogens with one attached hydrogen (secondary N) is 1. The van der Waals surface area contributed by atoms with Gasteiger partial charge in [0.05, 0.1) is 13.2 Å². The van der Waals surface area contributed by atoms with Crippen molar-refractivity contribution in [1.82, 2.24) is 0 Å². The number of methoxy groups -OCH3 is 2. The zero-order valence-electron chi connectivity index (χ0n) is 12.8. The highest BCUT2D eigenvalue weighted by atomic mass is 16.5. The Labute approximate surface area is 121 Å². The smallest absolute Gasteiger partial charge is 0.123 e. The van der Waals surface area contributed by atoms with E-state index in [4.69, 9.17) is 20.6 Å². The van der Waals surface area contributed by atoms with Gasteiger partial charge in [-0.05, 0) is 37.6 Å². The molecule has 1 atom stereocenters. The molecule has 1 aromatic rings. The average Bonchev–Trinajstić information content (AvgIpc) is 2.39. The molecule has 0 bridgehead atoms. The first-order valence-electron chi connectivity index (χ1n) is 6.70. The molecule has 0 saturated carbocycles. The summed E-state index contributed by atoms with van der Waals surface area (Å²) in [6, 6.07) is 6.19. The summed E-state index contributed by atoms with van der Waals surface area (Å²) in [5.74, 6) is 0.0995. The maximum atomic E-state index is 7.54. The lowest BCUT2D eigenvalue weighted by atomic mass is 10.1. The van der Waals surface area contributed by atoms with E-state index in [9.17, 15) is 0 Å². The van der Waals surface area contributed by atoms with Gasteiger partial charge in [-0.25, -0.2) is 0 Å². The van der Waals surface area contributed by atoms with E-state index in [2.05, 4.69) is 17.9 Å². The molecular weight excluding hydrogens is 254 g/mol. The minimum atomic E-state index is 0.0995. The molecule has 1 unspecified atom stereocenters. The highest BCUT2D eigenvalue weighted by Crippen LogP contribution is 2.21. The summed E-state index contributed by atoms with van der Waals surface area (Å²) in [4.78, 5) is 2.24. The van der Waals surface area contributed by atoms with E-state index < -0.39 is 0 Å². The quantitative estimate of drug-likeness (QED) is 0.562. The van der Waals surface area contributed by atoms with Gasteiger partial charge in [0.15, 0.2) is 0 Å². The summed E-state index contributed by atoms with van der Waals surface area (Å²) in [5, 5.41) is 7.54. The van der Waals surface area contributed by atoms with Crippen LogP contribution in [0.2, 0.25) is 0 Å². The van der Waals surface area contributed by atoms with Gasteiger partial charge in [0.25, 0.3) is 0 Å². The SMILES string of the molecule is COCCN(c1ccc(C(=N)N)c(C)c1)C(C)COC. The van der Waals surface area contributed by atoms with Gasteiger partial charge in [0.1, 0.15) is 5.84 Å². The van der Waals surface area contributed by atoms with Crippen molar-refractivity contribution >= 4 is 11.5 Å². The normalized spacial score (nSPS) is 12.2. The van der Waals surface area contributed by atoms with Crippen molar-refractivity contribution in [2.75, 3.05) is 38.9 Å². The van der Waals surface area contributed by atoms with E-state index in [-0.39, 0.29) is 11.9 Å². The van der Waals surface area contributed by atoms with Gasteiger partial charge < -0.3 is 20.1 Å². The third-order valence-corrected chi connectivity index (χ3v) is 3.31. The lowest BCUT2D eigenvalue weighted by molar-refractivity contribution is 0.171. The van der Waals surface area contributed by atoms with Gasteiger partial charge in [0, 0.05) is 38.1 Å². The van der Waals surface area contributed by atoms with E-state index in [0.29, 0.717) is 13.2 Å². The molecule has 112 valence electrons. The van der Waals surface area contributed by atoms with Gasteiger partial charge in [-0.1, -0.05) is 0 Å². The number of hydrogen-bond acceptors (Lipinski definition) is 4. The molecule has 0 saturated heterocycles. The van der Waals surface area contributed by atoms with Gasteiger partial charge >= 0.3 is 0 Å². The third kappa shape index (κ3) is 4.21. The number of amidine groups is 1. The summed E-state index contributed by atoms with van der Waals surface area (Å²) in [5.41, 5.74) is 8.43. The number of aryl methyl sites for hydroxylation is 1. The number of benzene rings is 1. The molecule has 3 N–H and O–H groups in total. The maximum absolute atomic E-state index is 7.54. The Bertz CT molecular complexity index is 449. The van der Waals surface area contributed by atoms with Crippen molar-refractivity contribution in [2.24, 2.45) is 5.73 Å². The number of nitrogen functional groups attached to an aromatic ring is 1. The Hall–Kier alpha value is -1.59. The zero-order chi connectivity index (χ0) is 15.1. The lowest BCUT2D eigenvalue weighted by Gasteiger charge is -2.31. The summed E-state index contributed by atoms with van der Waals surface area (Å²) >= 11 is 0. The summed E-state index contributed by atoms with van der Waals surface area (Å²) in [6.07, 6.45) is 0. The van der Waals surface area contributed by atoms with E-state index in [1.807, 2.05) is 19.1 Å². The molecule has 0 amide bonds. The fourth-order valence-corrected chi connectivity index (χ4v) is 2.25. The van der Waals surface area contributed by atoms with Gasteiger partial charge in [-0.2, -0.15) is 0 Å². The monoisotopic (exact) mass is 279 g/mol. The molecule has 0 aliphatic carbocycles. The van der Waals surface area contributed by atoms with Crippen LogP contribution in [0.4, 0.5) is 5.69 Å². The molecule has 1 aromatic carbocycles. The van der Waals surface area contributed by atoms with Crippen molar-refractivity contribution < 1.29 is 9.47 Å². The molecule has 0 fully saturated rings. The van der Waals surface area contributed by atoms with E-state index in [1.165, 1.54) is 0 Å². The number of nitrogens with two attached hydrogens (primary N) is 1. The Kier molecular flexibility index (Phi) is 6.48. The average molecular weight is 279 g/mol. The van der Waals surface area contributed by atoms with Crippen LogP contribution in [0.25, 0.3) is 0 Å². The van der Waals surface area contributed by atoms with Crippen molar-refractivity contribution in [1.29, 1.82) is 5.41 Å². The second-order valence-electron chi connectivity index (χ2n) is 4.90. The second-order valence-corrected chi connectivity index (χ2v) is 4.90. The minimum Gasteiger partial charge on any atom is -0.384 e. The zero-order valence-corrected chi connectivity index (χ0v) is 12.8. The van der Waals surface area contributed by atoms with Crippen molar-refractivity contribution in [2.45, 2.75) is 19.9 Å². The van der Waals surface area contributed by atoms with Gasteiger partial charge in [-0.15, -0.1) is 0 Å². The molecule has 0 heterocycles. The maximum Gasteiger partial charge on any atom is 0.123 e. The Balaban J connectivity index is 3.00. The second kappa shape index (κ2) is 7.87. The molecule has 0 spiro atoms. The number of ether oxygens (including phenoxy) is 2. The van der Waals surface area contributed by atoms with E-state index in [1.54, 1.807) is 14.2 Å². The molecule has 0 aromatic heterocycles. The highest BCUT2D eigenvalue weighted by molar-refractivity contribution is 5.96. The molecule has 5 heteroatoms. The molecular formula is C15H25N3O2. The summed E-state index contributed by atoms with van der Waals surface area (Å²) in [7, 11) is 3.40. The molecule has 1 rings (SSSR count). The number of hydrogen-bond donors (Lipinski definition) is 2. The lowest BCUT2D eigenvalue weighted by Crippen LogP contribution is -2.38. The van der Waals surface area contributed by atoms with Gasteiger partial charge in [0.2, 0.25) is 0 Å². The number of rotatable bonds is 8. The number of anilines is 1. The third-order valence-electron chi connectivity index (χ3n) is 3.31. The molecule has 20 heavy (non-hydrogen) atoms. The van der Waals surface area contributed by atoms with E-state index >= 15 is 0 Å². The predicted octanol–water partition coefficient (Wildman–Crippen LogP) is 1.77. The van der Waals surface area contributed by atoms with Crippen LogP contribution in [0, 0.1) is 12.3 Å². The van der Waals surface area contributed by atoms with Gasteiger partial charge in [-0.3, -0.25) is 5.41 Å². The van der Waals surface area contributed by atoms with Crippen LogP contribution < -0.4 is 10.6 Å². The first-order valence-corrected chi connectivity index (χ1v) is 6.70. The van der Waals surface area contributed by atoms with Crippen LogP contribution in [0.5, 0.6) is 0 Å². The van der Waals surface area contributed by atoms with Crippen LogP contribution >= 0.6 is 0 Å². The molecule has 0 radical (unpaired) electrons. The van der Waals surface area contributed by atoms with Crippen LogP contribution in [-0.2, 0) is 9.47 Å². The number of nitrogens with zero attached hydrogens (tertiary/aromatic N) is 1. The van der Waals surface area contributed by atoms with Crippen LogP contribution in [0.3, 0.4) is 0 Å². The highest BCUT2D eigenvalue weighted by Gasteiger charge is 2.15. The van der Waals surface area contributed by atoms with Crippen molar-refractivity contribution in [3.8, 4) is 0 Å². The predicted molar refractivity (Wildman–Crippen MR) is 82.8 cm³/mol. The molecule has 0 aliphatic heterocycles. The standard InChI is InChI=1S/C15H25N3O2/c1-11-9-13(5-6-14(11)15(16)17)18(7-8-19-3)12(2)10-20-4/h5-6,9,12H,7-8,10H2,1-4H3,(H3,16,17). The topological polar surface area (TPSA) is 71.6 Å². The Morgan fingerprint density at radius 1 is 1.35 bits per heavy atom. The van der Waals surface area contributed by atoms with Crippen molar-refractivity contribution in [3.05, 3.63) is 29.3 Å². The Morgan fingerprint density at radius 2 is 2.05 bits per heavy atom. The van der Waals surface area contributed by atoms with E-state index in [0.717, 1.165) is 23.4 Å². The molecule has 5 nitrogen and oxygen atoms in total. The van der Waals surface area contributed by atoms with Crippen LogP contribution in [0.1, 0.15) is 18.1 Å². The first-order chi connectivity index (χ1) is 9.51. The first kappa shape index (κ1) is 16.5. The molecule has 0 aliphatic rings. The van der Waals surface area contributed by atoms with Crippen LogP contribution in [-0.4, -0.2) is 45.9 Å². The van der Waals surface area contributed by atoms with Crippen molar-refractivity contribution in [3.63, 3.8) is 0 Å².